The summed E-state index contributed by atoms with van der Waals surface area (Å²) in [4.78, 5) is 23.4. The summed E-state index contributed by atoms with van der Waals surface area (Å²) in [5, 5.41) is 8.90. The molecule has 0 heterocycles. The van der Waals surface area contributed by atoms with Gasteiger partial charge in [-0.1, -0.05) is 31.9 Å². The summed E-state index contributed by atoms with van der Waals surface area (Å²) in [6.07, 6.45) is -0.230. The van der Waals surface area contributed by atoms with Gasteiger partial charge in [0.25, 0.3) is 0 Å². The van der Waals surface area contributed by atoms with Gasteiger partial charge in [-0.05, 0) is 42.0 Å². The summed E-state index contributed by atoms with van der Waals surface area (Å²) >= 11 is 6.59. The predicted octanol–water partition coefficient (Wildman–Crippen LogP) is 3.65. The first-order valence-electron chi connectivity index (χ1n) is 5.98. The minimum atomic E-state index is -0.998. The van der Waals surface area contributed by atoms with E-state index < -0.39 is 5.97 Å². The van der Waals surface area contributed by atoms with Crippen LogP contribution in [0.25, 0.3) is 0 Å². The van der Waals surface area contributed by atoms with Crippen LogP contribution in [-0.2, 0) is 11.2 Å². The molecule has 0 amide bonds. The molecule has 3 N–H and O–H groups in total. The van der Waals surface area contributed by atoms with Crippen LogP contribution in [-0.4, -0.2) is 16.9 Å². The highest BCUT2D eigenvalue weighted by Gasteiger charge is 2.17. The van der Waals surface area contributed by atoms with Crippen LogP contribution >= 0.6 is 31.9 Å². The molecule has 0 fully saturated rings. The van der Waals surface area contributed by atoms with Gasteiger partial charge in [0.2, 0.25) is 0 Å². The fourth-order valence-corrected chi connectivity index (χ4v) is 2.70. The number of hydrogen-bond donors (Lipinski definition) is 2. The fourth-order valence-electron chi connectivity index (χ4n) is 1.93. The molecule has 0 radical (unpaired) electrons. The Morgan fingerprint density at radius 2 is 1.67 bits per heavy atom. The quantitative estimate of drug-likeness (QED) is 0.593. The smallest absolute Gasteiger partial charge is 0.307 e. The largest absolute Gasteiger partial charge is 0.481 e. The van der Waals surface area contributed by atoms with Crippen LogP contribution in [0.15, 0.2) is 45.3 Å². The molecule has 2 aromatic rings. The lowest BCUT2D eigenvalue weighted by Crippen LogP contribution is -2.10. The summed E-state index contributed by atoms with van der Waals surface area (Å²) in [6, 6.07) is 10.1. The molecule has 6 heteroatoms. The Kier molecular flexibility index (Phi) is 4.80. The Hall–Kier alpha value is -1.66. The molecule has 0 aliphatic rings. The highest BCUT2D eigenvalue weighted by Crippen LogP contribution is 2.27. The summed E-state index contributed by atoms with van der Waals surface area (Å²) in [7, 11) is 0. The third-order valence-corrected chi connectivity index (χ3v) is 3.91. The number of carboxylic acid groups (broad SMARTS) is 1. The van der Waals surface area contributed by atoms with Gasteiger partial charge in [-0.15, -0.1) is 0 Å². The molecule has 0 unspecified atom stereocenters. The minimum Gasteiger partial charge on any atom is -0.481 e. The lowest BCUT2D eigenvalue weighted by atomic mass is 9.98. The highest BCUT2D eigenvalue weighted by molar-refractivity contribution is 9.10. The molecule has 4 nitrogen and oxygen atoms in total. The van der Waals surface area contributed by atoms with Gasteiger partial charge in [0, 0.05) is 25.8 Å². The average Bonchev–Trinajstić information content (AvgIpc) is 2.42. The Balaban J connectivity index is 2.47. The molecular weight excluding hydrogens is 402 g/mol. The van der Waals surface area contributed by atoms with Gasteiger partial charge < -0.3 is 10.8 Å². The number of hydrogen-bond acceptors (Lipinski definition) is 3. The van der Waals surface area contributed by atoms with E-state index in [0.717, 1.165) is 4.47 Å². The molecular formula is C15H11Br2NO3. The van der Waals surface area contributed by atoms with E-state index in [1.807, 2.05) is 0 Å². The van der Waals surface area contributed by atoms with Crippen LogP contribution in [0.2, 0.25) is 0 Å². The van der Waals surface area contributed by atoms with Crippen LogP contribution in [0.1, 0.15) is 21.5 Å². The number of anilines is 1. The van der Waals surface area contributed by atoms with Crippen molar-refractivity contribution in [3.8, 4) is 0 Å². The first kappa shape index (κ1) is 15.7. The molecule has 0 saturated heterocycles. The van der Waals surface area contributed by atoms with Gasteiger partial charge >= 0.3 is 5.97 Å². The number of nitrogen functional groups attached to an aromatic ring is 1. The second-order valence-electron chi connectivity index (χ2n) is 4.43. The summed E-state index contributed by atoms with van der Waals surface area (Å²) in [5.41, 5.74) is 7.36. The standard InChI is InChI=1S/C15H11Br2NO3/c16-10-3-1-8(2-4-10)15(21)12-7-11(17)5-9(14(12)18)6-13(19)20/h1-5,7H,6,18H2,(H,19,20). The topological polar surface area (TPSA) is 80.4 Å². The number of nitrogens with two attached hydrogens (primary N) is 1. The molecule has 0 aliphatic heterocycles. The van der Waals surface area contributed by atoms with Gasteiger partial charge in [0.05, 0.1) is 6.42 Å². The highest BCUT2D eigenvalue weighted by atomic mass is 79.9. The van der Waals surface area contributed by atoms with Crippen molar-refractivity contribution >= 4 is 49.3 Å². The minimum absolute atomic E-state index is 0.202. The van der Waals surface area contributed by atoms with Crippen molar-refractivity contribution in [2.75, 3.05) is 5.73 Å². The second-order valence-corrected chi connectivity index (χ2v) is 6.26. The maximum absolute atomic E-state index is 12.5. The van der Waals surface area contributed by atoms with Crippen molar-refractivity contribution in [3.05, 3.63) is 62.0 Å². The molecule has 2 aromatic carbocycles. The summed E-state index contributed by atoms with van der Waals surface area (Å²) in [5.74, 6) is -1.24. The number of carbonyl (C=O) groups is 2. The monoisotopic (exact) mass is 411 g/mol. The third kappa shape index (κ3) is 3.71. The predicted molar refractivity (Wildman–Crippen MR) is 87.5 cm³/mol. The van der Waals surface area contributed by atoms with Crippen molar-refractivity contribution in [1.82, 2.24) is 0 Å². The molecule has 0 spiro atoms. The number of carbonyl (C=O) groups excluding carboxylic acids is 1. The SMILES string of the molecule is Nc1c(CC(=O)O)cc(Br)cc1C(=O)c1ccc(Br)cc1. The van der Waals surface area contributed by atoms with Crippen LogP contribution in [0.4, 0.5) is 5.69 Å². The number of aliphatic carboxylic acids is 1. The lowest BCUT2D eigenvalue weighted by molar-refractivity contribution is -0.136. The zero-order valence-corrected chi connectivity index (χ0v) is 13.9. The lowest BCUT2D eigenvalue weighted by Gasteiger charge is -2.10. The zero-order chi connectivity index (χ0) is 15.6. The first-order chi connectivity index (χ1) is 9.88. The molecule has 0 aromatic heterocycles. The van der Waals surface area contributed by atoms with Crippen molar-refractivity contribution < 1.29 is 14.7 Å². The number of rotatable bonds is 4. The van der Waals surface area contributed by atoms with Gasteiger partial charge in [-0.2, -0.15) is 0 Å². The number of halogens is 2. The Labute approximate surface area is 138 Å². The summed E-state index contributed by atoms with van der Waals surface area (Å²) in [6.45, 7) is 0. The fraction of sp³-hybridized carbons (Fsp3) is 0.0667. The van der Waals surface area contributed by atoms with Crippen LogP contribution < -0.4 is 5.73 Å². The van der Waals surface area contributed by atoms with E-state index in [1.54, 1.807) is 36.4 Å². The van der Waals surface area contributed by atoms with Crippen LogP contribution in [0.3, 0.4) is 0 Å². The van der Waals surface area contributed by atoms with E-state index in [9.17, 15) is 9.59 Å². The van der Waals surface area contributed by atoms with E-state index >= 15 is 0 Å². The number of ketones is 1. The van der Waals surface area contributed by atoms with Crippen LogP contribution in [0, 0.1) is 0 Å². The van der Waals surface area contributed by atoms with Gasteiger partial charge in [0.15, 0.2) is 5.78 Å². The van der Waals surface area contributed by atoms with Crippen molar-refractivity contribution in [1.29, 1.82) is 0 Å². The van der Waals surface area contributed by atoms with E-state index in [0.29, 0.717) is 21.2 Å². The van der Waals surface area contributed by atoms with E-state index in [1.165, 1.54) is 0 Å². The van der Waals surface area contributed by atoms with E-state index in [2.05, 4.69) is 31.9 Å². The molecule has 0 atom stereocenters. The molecule has 0 saturated carbocycles. The van der Waals surface area contributed by atoms with E-state index in [4.69, 9.17) is 10.8 Å². The molecule has 0 aliphatic carbocycles. The zero-order valence-electron chi connectivity index (χ0n) is 10.8. The molecule has 2 rings (SSSR count). The van der Waals surface area contributed by atoms with Crippen molar-refractivity contribution in [2.45, 2.75) is 6.42 Å². The maximum atomic E-state index is 12.5. The van der Waals surface area contributed by atoms with Gasteiger partial charge in [0.1, 0.15) is 0 Å². The molecule has 0 bridgehead atoms. The Bertz CT molecular complexity index is 712. The van der Waals surface area contributed by atoms with Crippen molar-refractivity contribution in [2.24, 2.45) is 0 Å². The first-order valence-corrected chi connectivity index (χ1v) is 7.57. The number of carboxylic acids is 1. The van der Waals surface area contributed by atoms with E-state index in [-0.39, 0.29) is 17.9 Å². The normalized spacial score (nSPS) is 10.4. The Morgan fingerprint density at radius 1 is 1.05 bits per heavy atom. The number of benzene rings is 2. The van der Waals surface area contributed by atoms with Crippen molar-refractivity contribution in [3.63, 3.8) is 0 Å². The Morgan fingerprint density at radius 3 is 2.24 bits per heavy atom. The van der Waals surface area contributed by atoms with Gasteiger partial charge in [-0.3, -0.25) is 9.59 Å². The molecule has 21 heavy (non-hydrogen) atoms. The third-order valence-electron chi connectivity index (χ3n) is 2.92. The summed E-state index contributed by atoms with van der Waals surface area (Å²) < 4.78 is 1.49. The van der Waals surface area contributed by atoms with Gasteiger partial charge in [-0.25, -0.2) is 0 Å². The second kappa shape index (κ2) is 6.41. The molecule has 108 valence electrons. The average molecular weight is 413 g/mol. The van der Waals surface area contributed by atoms with Crippen LogP contribution in [0.5, 0.6) is 0 Å². The maximum Gasteiger partial charge on any atom is 0.307 e.